The molecule has 1 heterocycles. The van der Waals surface area contributed by atoms with Crippen molar-refractivity contribution in [1.29, 1.82) is 0 Å². The molecule has 1 aromatic heterocycles. The topological polar surface area (TPSA) is 62.0 Å². The number of hydrogen-bond acceptors (Lipinski definition) is 5. The van der Waals surface area contributed by atoms with E-state index in [1.807, 2.05) is 48.7 Å². The number of aromatic nitrogens is 1. The molecule has 0 unspecified atom stereocenters. The second-order valence-electron chi connectivity index (χ2n) is 6.91. The molecule has 0 radical (unpaired) electrons. The van der Waals surface area contributed by atoms with Gasteiger partial charge in [0, 0.05) is 18.7 Å². The van der Waals surface area contributed by atoms with Gasteiger partial charge < -0.3 is 18.8 Å². The van der Waals surface area contributed by atoms with Crippen LogP contribution < -0.4 is 14.3 Å². The molecule has 0 fully saturated rings. The lowest BCUT2D eigenvalue weighted by Gasteiger charge is -2.10. The minimum atomic E-state index is -0.283. The summed E-state index contributed by atoms with van der Waals surface area (Å²) in [4.78, 5) is 18.0. The molecular formula is C24H30N2O4S. The standard InChI is InChI=1S/C24H30N2O4S/c1-4-7-16-30-19-13-11-18(12-14-19)23(27)25-24-26(15-17-28-5-2)22-20(29-6-3)9-8-10-21(22)31-24/h8-14H,4-7,15-17H2,1-3H3. The SMILES string of the molecule is CCCCOc1ccc(C(=O)N=c2sc3cccc(OCC)c3n2CCOCC)cc1. The molecule has 166 valence electrons. The van der Waals surface area contributed by atoms with Gasteiger partial charge in [0.15, 0.2) is 4.80 Å². The molecule has 0 saturated heterocycles. The number of unbranched alkanes of at least 4 members (excludes halogenated alkanes) is 1. The summed E-state index contributed by atoms with van der Waals surface area (Å²) < 4.78 is 20.1. The van der Waals surface area contributed by atoms with Gasteiger partial charge in [-0.25, -0.2) is 0 Å². The molecule has 0 saturated carbocycles. The second-order valence-corrected chi connectivity index (χ2v) is 7.92. The van der Waals surface area contributed by atoms with Crippen LogP contribution in [-0.4, -0.2) is 36.9 Å². The van der Waals surface area contributed by atoms with E-state index in [-0.39, 0.29) is 5.91 Å². The minimum absolute atomic E-state index is 0.283. The zero-order valence-corrected chi connectivity index (χ0v) is 19.2. The van der Waals surface area contributed by atoms with Crippen LogP contribution in [0.3, 0.4) is 0 Å². The van der Waals surface area contributed by atoms with Crippen LogP contribution in [0.2, 0.25) is 0 Å². The number of hydrogen-bond donors (Lipinski definition) is 0. The summed E-state index contributed by atoms with van der Waals surface area (Å²) in [5, 5.41) is 0. The van der Waals surface area contributed by atoms with Gasteiger partial charge in [0.05, 0.1) is 24.5 Å². The van der Waals surface area contributed by atoms with Gasteiger partial charge in [0.2, 0.25) is 0 Å². The summed E-state index contributed by atoms with van der Waals surface area (Å²) in [5.41, 5.74) is 1.47. The molecule has 3 rings (SSSR count). The number of fused-ring (bicyclic) bond motifs is 1. The Labute approximate surface area is 187 Å². The first-order valence-electron chi connectivity index (χ1n) is 10.8. The summed E-state index contributed by atoms with van der Waals surface area (Å²) >= 11 is 1.48. The minimum Gasteiger partial charge on any atom is -0.494 e. The van der Waals surface area contributed by atoms with Crippen LogP contribution in [0, 0.1) is 0 Å². The van der Waals surface area contributed by atoms with Crippen molar-refractivity contribution in [3.63, 3.8) is 0 Å². The molecule has 0 aliphatic carbocycles. The lowest BCUT2D eigenvalue weighted by molar-refractivity contribution is 0.0996. The first-order valence-corrected chi connectivity index (χ1v) is 11.6. The summed E-state index contributed by atoms with van der Waals surface area (Å²) in [6, 6.07) is 13.1. The third-order valence-electron chi connectivity index (χ3n) is 4.69. The number of thiazole rings is 1. The average molecular weight is 443 g/mol. The predicted octanol–water partition coefficient (Wildman–Crippen LogP) is 5.06. The van der Waals surface area contributed by atoms with Crippen molar-refractivity contribution in [2.24, 2.45) is 4.99 Å². The Morgan fingerprint density at radius 3 is 2.52 bits per heavy atom. The quantitative estimate of drug-likeness (QED) is 0.390. The maximum atomic E-state index is 12.9. The van der Waals surface area contributed by atoms with Crippen molar-refractivity contribution >= 4 is 27.5 Å². The van der Waals surface area contributed by atoms with E-state index in [0.29, 0.717) is 43.3 Å². The smallest absolute Gasteiger partial charge is 0.279 e. The normalized spacial score (nSPS) is 11.8. The van der Waals surface area contributed by atoms with Crippen LogP contribution in [0.25, 0.3) is 10.2 Å². The summed E-state index contributed by atoms with van der Waals surface area (Å²) in [6.07, 6.45) is 2.09. The maximum Gasteiger partial charge on any atom is 0.279 e. The van der Waals surface area contributed by atoms with Gasteiger partial charge in [-0.15, -0.1) is 0 Å². The Balaban J connectivity index is 1.93. The van der Waals surface area contributed by atoms with Crippen molar-refractivity contribution in [1.82, 2.24) is 4.57 Å². The van der Waals surface area contributed by atoms with Crippen LogP contribution in [0.15, 0.2) is 47.5 Å². The third kappa shape index (κ3) is 5.95. The lowest BCUT2D eigenvalue weighted by Crippen LogP contribution is -2.20. The molecular weight excluding hydrogens is 412 g/mol. The molecule has 0 N–H and O–H groups in total. The van der Waals surface area contributed by atoms with E-state index in [2.05, 4.69) is 11.9 Å². The Hall–Kier alpha value is -2.64. The Kier molecular flexibility index (Phi) is 8.67. The monoisotopic (exact) mass is 442 g/mol. The highest BCUT2D eigenvalue weighted by molar-refractivity contribution is 7.16. The number of carbonyl (C=O) groups is 1. The Morgan fingerprint density at radius 1 is 1.00 bits per heavy atom. The summed E-state index contributed by atoms with van der Waals surface area (Å²) in [6.45, 7) is 9.06. The molecule has 3 aromatic rings. The Bertz CT molecular complexity index is 1050. The van der Waals surface area contributed by atoms with E-state index in [1.165, 1.54) is 11.3 Å². The number of nitrogens with zero attached hydrogens (tertiary/aromatic N) is 2. The molecule has 31 heavy (non-hydrogen) atoms. The highest BCUT2D eigenvalue weighted by Gasteiger charge is 2.13. The van der Waals surface area contributed by atoms with Gasteiger partial charge in [-0.05, 0) is 56.7 Å². The third-order valence-corrected chi connectivity index (χ3v) is 5.74. The molecule has 0 atom stereocenters. The zero-order valence-electron chi connectivity index (χ0n) is 18.4. The lowest BCUT2D eigenvalue weighted by atomic mass is 10.2. The second kappa shape index (κ2) is 11.7. The summed E-state index contributed by atoms with van der Waals surface area (Å²) in [5.74, 6) is 1.27. The fraction of sp³-hybridized carbons (Fsp3) is 0.417. The largest absolute Gasteiger partial charge is 0.494 e. The number of benzene rings is 2. The molecule has 0 spiro atoms. The van der Waals surface area contributed by atoms with Crippen LogP contribution in [0.4, 0.5) is 0 Å². The van der Waals surface area contributed by atoms with Gasteiger partial charge in [-0.3, -0.25) is 4.79 Å². The molecule has 0 bridgehead atoms. The molecule has 2 aromatic carbocycles. The van der Waals surface area contributed by atoms with Crippen molar-refractivity contribution in [3.05, 3.63) is 52.8 Å². The van der Waals surface area contributed by atoms with E-state index in [1.54, 1.807) is 12.1 Å². The molecule has 0 aliphatic heterocycles. The maximum absolute atomic E-state index is 12.9. The highest BCUT2D eigenvalue weighted by Crippen LogP contribution is 2.27. The van der Waals surface area contributed by atoms with Crippen LogP contribution in [0.1, 0.15) is 44.0 Å². The van der Waals surface area contributed by atoms with E-state index >= 15 is 0 Å². The first kappa shape index (κ1) is 23.0. The van der Waals surface area contributed by atoms with E-state index in [0.717, 1.165) is 34.6 Å². The fourth-order valence-electron chi connectivity index (χ4n) is 3.14. The number of carbonyl (C=O) groups excluding carboxylic acids is 1. The zero-order chi connectivity index (χ0) is 22.1. The van der Waals surface area contributed by atoms with Crippen molar-refractivity contribution in [2.75, 3.05) is 26.4 Å². The average Bonchev–Trinajstić information content (AvgIpc) is 3.13. The molecule has 6 nitrogen and oxygen atoms in total. The van der Waals surface area contributed by atoms with Crippen LogP contribution in [0.5, 0.6) is 11.5 Å². The van der Waals surface area contributed by atoms with E-state index in [4.69, 9.17) is 14.2 Å². The first-order chi connectivity index (χ1) is 15.2. The summed E-state index contributed by atoms with van der Waals surface area (Å²) in [7, 11) is 0. The van der Waals surface area contributed by atoms with E-state index in [9.17, 15) is 4.79 Å². The predicted molar refractivity (Wildman–Crippen MR) is 124 cm³/mol. The van der Waals surface area contributed by atoms with Gasteiger partial charge in [0.1, 0.15) is 17.0 Å². The number of para-hydroxylation sites is 1. The van der Waals surface area contributed by atoms with Gasteiger partial charge in [-0.1, -0.05) is 30.7 Å². The number of rotatable bonds is 11. The van der Waals surface area contributed by atoms with Crippen molar-refractivity contribution in [3.8, 4) is 11.5 Å². The van der Waals surface area contributed by atoms with Crippen LogP contribution in [-0.2, 0) is 11.3 Å². The van der Waals surface area contributed by atoms with Gasteiger partial charge >= 0.3 is 0 Å². The molecule has 0 aliphatic rings. The molecule has 7 heteroatoms. The number of amides is 1. The van der Waals surface area contributed by atoms with E-state index < -0.39 is 0 Å². The van der Waals surface area contributed by atoms with Crippen molar-refractivity contribution in [2.45, 2.75) is 40.2 Å². The van der Waals surface area contributed by atoms with Gasteiger partial charge in [-0.2, -0.15) is 4.99 Å². The number of ether oxygens (including phenoxy) is 3. The fourth-order valence-corrected chi connectivity index (χ4v) is 4.21. The van der Waals surface area contributed by atoms with Gasteiger partial charge in [0.25, 0.3) is 5.91 Å². The Morgan fingerprint density at radius 2 is 1.81 bits per heavy atom. The highest BCUT2D eigenvalue weighted by atomic mass is 32.1. The van der Waals surface area contributed by atoms with Crippen LogP contribution >= 0.6 is 11.3 Å². The van der Waals surface area contributed by atoms with Crippen molar-refractivity contribution < 1.29 is 19.0 Å². The molecule has 1 amide bonds.